The van der Waals surface area contributed by atoms with Crippen molar-refractivity contribution in [2.45, 2.75) is 51.4 Å². The minimum absolute atomic E-state index is 0.382. The van der Waals surface area contributed by atoms with Gasteiger partial charge in [0.25, 0.3) is 0 Å². The average molecular weight is 309 g/mol. The highest BCUT2D eigenvalue weighted by Gasteiger charge is 2.15. The second-order valence-corrected chi connectivity index (χ2v) is 6.20. The van der Waals surface area contributed by atoms with Crippen molar-refractivity contribution < 1.29 is 4.79 Å². The second kappa shape index (κ2) is 7.08. The fourth-order valence-corrected chi connectivity index (χ4v) is 3.21. The van der Waals surface area contributed by atoms with E-state index in [4.69, 9.17) is 0 Å². The van der Waals surface area contributed by atoms with E-state index in [1.165, 1.54) is 32.1 Å². The van der Waals surface area contributed by atoms with Gasteiger partial charge < -0.3 is 0 Å². The standard InChI is InChI=1S/C16H21BrO/c17-16-9-5-4-8-14(16)12-15(18)11-10-13-6-2-1-3-7-13/h4-5,8-9,13H,1-3,6-7,10-12H2. The normalized spacial score (nSPS) is 16.7. The van der Waals surface area contributed by atoms with Gasteiger partial charge in [-0.3, -0.25) is 4.79 Å². The second-order valence-electron chi connectivity index (χ2n) is 5.35. The number of rotatable bonds is 5. The van der Waals surface area contributed by atoms with Crippen LogP contribution in [0.5, 0.6) is 0 Å². The monoisotopic (exact) mass is 308 g/mol. The fraction of sp³-hybridized carbons (Fsp3) is 0.562. The van der Waals surface area contributed by atoms with Crippen molar-refractivity contribution in [1.82, 2.24) is 0 Å². The third-order valence-electron chi connectivity index (χ3n) is 3.90. The molecule has 1 nitrogen and oxygen atoms in total. The maximum atomic E-state index is 12.0. The SMILES string of the molecule is O=C(CCC1CCCCC1)Cc1ccccc1Br. The molecule has 1 aromatic carbocycles. The van der Waals surface area contributed by atoms with Crippen LogP contribution in [0.3, 0.4) is 0 Å². The summed E-state index contributed by atoms with van der Waals surface area (Å²) in [5.74, 6) is 1.19. The van der Waals surface area contributed by atoms with E-state index in [1.54, 1.807) is 0 Å². The van der Waals surface area contributed by atoms with Crippen LogP contribution < -0.4 is 0 Å². The highest BCUT2D eigenvalue weighted by molar-refractivity contribution is 9.10. The number of carbonyl (C=O) groups is 1. The van der Waals surface area contributed by atoms with Crippen molar-refractivity contribution in [3.05, 3.63) is 34.3 Å². The molecule has 0 unspecified atom stereocenters. The van der Waals surface area contributed by atoms with E-state index in [1.807, 2.05) is 24.3 Å². The van der Waals surface area contributed by atoms with E-state index < -0.39 is 0 Å². The lowest BCUT2D eigenvalue weighted by molar-refractivity contribution is -0.118. The summed E-state index contributed by atoms with van der Waals surface area (Å²) in [6, 6.07) is 8.01. The van der Waals surface area contributed by atoms with E-state index in [2.05, 4.69) is 15.9 Å². The molecule has 98 valence electrons. The molecule has 0 saturated heterocycles. The Morgan fingerprint density at radius 2 is 1.89 bits per heavy atom. The first-order valence-corrected chi connectivity index (χ1v) is 7.80. The Kier molecular flexibility index (Phi) is 5.43. The summed E-state index contributed by atoms with van der Waals surface area (Å²) < 4.78 is 1.05. The molecule has 0 spiro atoms. The van der Waals surface area contributed by atoms with Gasteiger partial charge >= 0.3 is 0 Å². The van der Waals surface area contributed by atoms with Gasteiger partial charge in [0.1, 0.15) is 5.78 Å². The van der Waals surface area contributed by atoms with Crippen molar-refractivity contribution in [1.29, 1.82) is 0 Å². The molecule has 0 atom stereocenters. The average Bonchev–Trinajstić information content (AvgIpc) is 2.40. The molecule has 0 aromatic heterocycles. The molecule has 1 aromatic rings. The predicted octanol–water partition coefficient (Wildman–Crippen LogP) is 4.92. The lowest BCUT2D eigenvalue weighted by Gasteiger charge is -2.20. The van der Waals surface area contributed by atoms with Gasteiger partial charge in [0.2, 0.25) is 0 Å². The van der Waals surface area contributed by atoms with Crippen LogP contribution in [0.25, 0.3) is 0 Å². The zero-order chi connectivity index (χ0) is 12.8. The number of halogens is 1. The molecule has 2 heteroatoms. The Hall–Kier alpha value is -0.630. The lowest BCUT2D eigenvalue weighted by Crippen LogP contribution is -2.10. The van der Waals surface area contributed by atoms with Crippen molar-refractivity contribution in [3.63, 3.8) is 0 Å². The Balaban J connectivity index is 1.76. The van der Waals surface area contributed by atoms with Crippen molar-refractivity contribution in [2.75, 3.05) is 0 Å². The quantitative estimate of drug-likeness (QED) is 0.754. The van der Waals surface area contributed by atoms with Gasteiger partial charge in [-0.25, -0.2) is 0 Å². The van der Waals surface area contributed by atoms with E-state index in [-0.39, 0.29) is 0 Å². The van der Waals surface area contributed by atoms with Crippen LogP contribution in [0.1, 0.15) is 50.5 Å². The first-order chi connectivity index (χ1) is 8.75. The molecule has 1 saturated carbocycles. The van der Waals surface area contributed by atoms with E-state index in [0.717, 1.165) is 28.8 Å². The number of hydrogen-bond donors (Lipinski definition) is 0. The van der Waals surface area contributed by atoms with Crippen LogP contribution in [0, 0.1) is 5.92 Å². The smallest absolute Gasteiger partial charge is 0.137 e. The number of Topliss-reactive ketones (excluding diaryl/α,β-unsaturated/α-hetero) is 1. The summed E-state index contributed by atoms with van der Waals surface area (Å²) >= 11 is 3.50. The highest BCUT2D eigenvalue weighted by Crippen LogP contribution is 2.27. The van der Waals surface area contributed by atoms with Gasteiger partial charge in [0.05, 0.1) is 0 Å². The van der Waals surface area contributed by atoms with Crippen LogP contribution in [0.15, 0.2) is 28.7 Å². The predicted molar refractivity (Wildman–Crippen MR) is 78.7 cm³/mol. The van der Waals surface area contributed by atoms with Gasteiger partial charge in [0.15, 0.2) is 0 Å². The zero-order valence-corrected chi connectivity index (χ0v) is 12.4. The maximum absolute atomic E-state index is 12.0. The molecule has 0 radical (unpaired) electrons. The number of carbonyl (C=O) groups excluding carboxylic acids is 1. The Morgan fingerprint density at radius 3 is 2.61 bits per heavy atom. The van der Waals surface area contributed by atoms with Gasteiger partial charge in [-0.15, -0.1) is 0 Å². The molecular formula is C16H21BrO. The van der Waals surface area contributed by atoms with Crippen LogP contribution >= 0.6 is 15.9 Å². The lowest BCUT2D eigenvalue weighted by atomic mass is 9.85. The first kappa shape index (κ1) is 13.8. The molecule has 0 heterocycles. The maximum Gasteiger partial charge on any atom is 0.137 e. The Morgan fingerprint density at radius 1 is 1.17 bits per heavy atom. The van der Waals surface area contributed by atoms with Crippen LogP contribution in [0.4, 0.5) is 0 Å². The molecule has 2 rings (SSSR count). The van der Waals surface area contributed by atoms with E-state index in [0.29, 0.717) is 12.2 Å². The topological polar surface area (TPSA) is 17.1 Å². The fourth-order valence-electron chi connectivity index (χ4n) is 2.78. The van der Waals surface area contributed by atoms with Gasteiger partial charge in [-0.1, -0.05) is 66.2 Å². The summed E-state index contributed by atoms with van der Waals surface area (Å²) in [4.78, 5) is 12.0. The molecule has 1 aliphatic carbocycles. The summed E-state index contributed by atoms with van der Waals surface area (Å²) in [7, 11) is 0. The number of ketones is 1. The largest absolute Gasteiger partial charge is 0.299 e. The van der Waals surface area contributed by atoms with E-state index >= 15 is 0 Å². The van der Waals surface area contributed by atoms with Gasteiger partial charge in [-0.05, 0) is 24.0 Å². The Bertz CT molecular complexity index is 394. The molecule has 0 bridgehead atoms. The third-order valence-corrected chi connectivity index (χ3v) is 4.68. The highest BCUT2D eigenvalue weighted by atomic mass is 79.9. The molecule has 0 aliphatic heterocycles. The van der Waals surface area contributed by atoms with Crippen LogP contribution in [0.2, 0.25) is 0 Å². The molecule has 18 heavy (non-hydrogen) atoms. The minimum Gasteiger partial charge on any atom is -0.299 e. The minimum atomic E-state index is 0.382. The van der Waals surface area contributed by atoms with Crippen molar-refractivity contribution in [2.24, 2.45) is 5.92 Å². The van der Waals surface area contributed by atoms with Crippen molar-refractivity contribution in [3.8, 4) is 0 Å². The summed E-state index contributed by atoms with van der Waals surface area (Å²) in [5.41, 5.74) is 1.12. The molecular weight excluding hydrogens is 288 g/mol. The van der Waals surface area contributed by atoms with E-state index in [9.17, 15) is 4.79 Å². The summed E-state index contributed by atoms with van der Waals surface area (Å²) in [6.07, 6.45) is 9.22. The third kappa shape index (κ3) is 4.24. The summed E-state index contributed by atoms with van der Waals surface area (Å²) in [6.45, 7) is 0. The molecule has 0 amide bonds. The van der Waals surface area contributed by atoms with Crippen LogP contribution in [-0.2, 0) is 11.2 Å². The molecule has 0 N–H and O–H groups in total. The van der Waals surface area contributed by atoms with Gasteiger partial charge in [-0.2, -0.15) is 0 Å². The Labute approximate surface area is 118 Å². The van der Waals surface area contributed by atoms with Crippen molar-refractivity contribution >= 4 is 21.7 Å². The number of hydrogen-bond acceptors (Lipinski definition) is 1. The van der Waals surface area contributed by atoms with Crippen LogP contribution in [-0.4, -0.2) is 5.78 Å². The zero-order valence-electron chi connectivity index (χ0n) is 10.8. The first-order valence-electron chi connectivity index (χ1n) is 7.01. The molecule has 1 aliphatic rings. The van der Waals surface area contributed by atoms with Gasteiger partial charge in [0, 0.05) is 17.3 Å². The number of benzene rings is 1. The molecule has 1 fully saturated rings. The summed E-state index contributed by atoms with van der Waals surface area (Å²) in [5, 5.41) is 0.